The van der Waals surface area contributed by atoms with Crippen LogP contribution in [0.4, 0.5) is 0 Å². The van der Waals surface area contributed by atoms with Gasteiger partial charge in [-0.05, 0) is 44.3 Å². The molecule has 3 heteroatoms. The van der Waals surface area contributed by atoms with Crippen molar-refractivity contribution in [1.29, 1.82) is 0 Å². The van der Waals surface area contributed by atoms with Crippen molar-refractivity contribution in [1.82, 2.24) is 0 Å². The second kappa shape index (κ2) is 6.31. The van der Waals surface area contributed by atoms with E-state index in [0.29, 0.717) is 9.52 Å². The molecule has 0 fully saturated rings. The molecule has 0 amide bonds. The Morgan fingerprint density at radius 3 is 2.17 bits per heavy atom. The van der Waals surface area contributed by atoms with Crippen molar-refractivity contribution in [3.8, 4) is 0 Å². The van der Waals surface area contributed by atoms with Crippen LogP contribution in [0.2, 0.25) is 6.04 Å². The predicted molar refractivity (Wildman–Crippen MR) is 105 cm³/mol. The second-order valence-electron chi connectivity index (χ2n) is 5.94. The van der Waals surface area contributed by atoms with E-state index in [1.165, 1.54) is 37.9 Å². The maximum atomic E-state index is 5.84. The maximum absolute atomic E-state index is 5.84. The number of hydrogen-bond donors (Lipinski definition) is 0. The highest BCUT2D eigenvalue weighted by molar-refractivity contribution is 6.68. The highest BCUT2D eigenvalue weighted by Gasteiger charge is 2.10. The zero-order valence-electron chi connectivity index (χ0n) is 12.7. The fourth-order valence-corrected chi connectivity index (χ4v) is 4.76. The summed E-state index contributed by atoms with van der Waals surface area (Å²) in [6, 6.07) is 21.2. The van der Waals surface area contributed by atoms with Gasteiger partial charge in [0.05, 0.1) is 14.0 Å². The third-order valence-electron chi connectivity index (χ3n) is 4.54. The van der Waals surface area contributed by atoms with Gasteiger partial charge in [0.1, 0.15) is 0 Å². The van der Waals surface area contributed by atoms with Crippen molar-refractivity contribution in [3.05, 3.63) is 60.2 Å². The molecule has 4 aromatic carbocycles. The molecule has 114 valence electrons. The molecule has 0 unspecified atom stereocenters. The van der Waals surface area contributed by atoms with E-state index in [4.69, 9.17) is 23.2 Å². The average molecular weight is 355 g/mol. The van der Waals surface area contributed by atoms with E-state index in [2.05, 4.69) is 54.6 Å². The Kier molecular flexibility index (Phi) is 4.19. The molecule has 23 heavy (non-hydrogen) atoms. The standard InChI is InChI=1S/C20H16Cl2Si/c21-20(22)23-12-2-5-13-6-7-16-9-8-14-3-1-4-15-10-11-17(13)19(16)18(14)15/h1,3-4,6-11,20H,2,5,12H2. The van der Waals surface area contributed by atoms with Crippen molar-refractivity contribution in [2.24, 2.45) is 0 Å². The van der Waals surface area contributed by atoms with Crippen LogP contribution in [0, 0.1) is 0 Å². The summed E-state index contributed by atoms with van der Waals surface area (Å²) >= 11 is 11.7. The Bertz CT molecular complexity index is 946. The highest BCUT2D eigenvalue weighted by atomic mass is 35.5. The Labute approximate surface area is 148 Å². The van der Waals surface area contributed by atoms with Crippen molar-refractivity contribution in [2.45, 2.75) is 23.3 Å². The van der Waals surface area contributed by atoms with E-state index < -0.39 is 0 Å². The van der Waals surface area contributed by atoms with E-state index in [1.807, 2.05) is 0 Å². The minimum atomic E-state index is -0.212. The fourth-order valence-electron chi connectivity index (χ4n) is 3.50. The third-order valence-corrected chi connectivity index (χ3v) is 6.42. The van der Waals surface area contributed by atoms with Gasteiger partial charge in [-0.2, -0.15) is 0 Å². The molecule has 0 saturated heterocycles. The topological polar surface area (TPSA) is 0 Å². The summed E-state index contributed by atoms with van der Waals surface area (Å²) in [7, 11) is 0.628. The van der Waals surface area contributed by atoms with E-state index >= 15 is 0 Å². The van der Waals surface area contributed by atoms with Crippen LogP contribution in [0.25, 0.3) is 32.3 Å². The molecule has 0 bridgehead atoms. The van der Waals surface area contributed by atoms with Gasteiger partial charge in [0, 0.05) is 0 Å². The van der Waals surface area contributed by atoms with Gasteiger partial charge in [0.15, 0.2) is 0 Å². The van der Waals surface area contributed by atoms with E-state index in [1.54, 1.807) is 0 Å². The van der Waals surface area contributed by atoms with Gasteiger partial charge in [-0.25, -0.2) is 0 Å². The lowest BCUT2D eigenvalue weighted by molar-refractivity contribution is 0.921. The average Bonchev–Trinajstić information content (AvgIpc) is 2.57. The van der Waals surface area contributed by atoms with Crippen LogP contribution in [-0.4, -0.2) is 14.0 Å². The number of aryl methyl sites for hydroxylation is 1. The van der Waals surface area contributed by atoms with Crippen LogP contribution in [0.3, 0.4) is 0 Å². The molecular formula is C20H16Cl2Si. The molecule has 2 radical (unpaired) electrons. The fraction of sp³-hybridized carbons (Fsp3) is 0.200. The smallest absolute Gasteiger partial charge is 0.0929 e. The molecule has 0 N–H and O–H groups in total. The van der Waals surface area contributed by atoms with Crippen molar-refractivity contribution >= 4 is 65.0 Å². The number of halogens is 2. The predicted octanol–water partition coefficient (Wildman–Crippen LogP) is 6.40. The molecule has 4 rings (SSSR count). The van der Waals surface area contributed by atoms with Gasteiger partial charge in [-0.15, -0.1) is 23.2 Å². The first-order chi connectivity index (χ1) is 11.2. The van der Waals surface area contributed by atoms with Crippen LogP contribution in [0.5, 0.6) is 0 Å². The Morgan fingerprint density at radius 2 is 1.43 bits per heavy atom. The van der Waals surface area contributed by atoms with Crippen LogP contribution in [0.15, 0.2) is 54.6 Å². The van der Waals surface area contributed by atoms with Gasteiger partial charge >= 0.3 is 0 Å². The Hall–Kier alpha value is -1.28. The van der Waals surface area contributed by atoms with Crippen molar-refractivity contribution in [3.63, 3.8) is 0 Å². The van der Waals surface area contributed by atoms with Crippen LogP contribution < -0.4 is 0 Å². The lowest BCUT2D eigenvalue weighted by Gasteiger charge is -2.13. The van der Waals surface area contributed by atoms with E-state index in [9.17, 15) is 0 Å². The lowest BCUT2D eigenvalue weighted by Crippen LogP contribution is -2.01. The van der Waals surface area contributed by atoms with Gasteiger partial charge in [-0.3, -0.25) is 0 Å². The molecule has 0 heterocycles. The van der Waals surface area contributed by atoms with Gasteiger partial charge in [0.25, 0.3) is 0 Å². The number of benzene rings is 4. The molecule has 0 aromatic heterocycles. The molecule has 0 spiro atoms. The van der Waals surface area contributed by atoms with Gasteiger partial charge in [0.2, 0.25) is 0 Å². The summed E-state index contributed by atoms with van der Waals surface area (Å²) in [6.45, 7) is 0. The minimum absolute atomic E-state index is 0.212. The number of alkyl halides is 2. The molecular weight excluding hydrogens is 339 g/mol. The molecule has 0 atom stereocenters. The zero-order valence-corrected chi connectivity index (χ0v) is 15.2. The first-order valence-corrected chi connectivity index (χ1v) is 10.1. The van der Waals surface area contributed by atoms with E-state index in [-0.39, 0.29) is 4.46 Å². The second-order valence-corrected chi connectivity index (χ2v) is 9.25. The SMILES string of the molecule is ClC(Cl)[Si]CCCc1ccc2ccc3cccc4ccc1c2c34. The summed E-state index contributed by atoms with van der Waals surface area (Å²) in [5.41, 5.74) is 1.43. The summed E-state index contributed by atoms with van der Waals surface area (Å²) in [5, 5.41) is 8.18. The number of hydrogen-bond acceptors (Lipinski definition) is 0. The van der Waals surface area contributed by atoms with Gasteiger partial charge in [-0.1, -0.05) is 67.1 Å². The van der Waals surface area contributed by atoms with Crippen molar-refractivity contribution in [2.75, 3.05) is 0 Å². The zero-order chi connectivity index (χ0) is 15.8. The van der Waals surface area contributed by atoms with Crippen LogP contribution in [-0.2, 0) is 6.42 Å². The molecule has 0 saturated carbocycles. The minimum Gasteiger partial charge on any atom is -0.110 e. The summed E-state index contributed by atoms with van der Waals surface area (Å²) in [5.74, 6) is 0. The van der Waals surface area contributed by atoms with Gasteiger partial charge < -0.3 is 0 Å². The monoisotopic (exact) mass is 354 g/mol. The van der Waals surface area contributed by atoms with Crippen molar-refractivity contribution < 1.29 is 0 Å². The normalized spacial score (nSPS) is 12.1. The van der Waals surface area contributed by atoms with E-state index in [0.717, 1.165) is 18.9 Å². The summed E-state index contributed by atoms with van der Waals surface area (Å²) < 4.78 is -0.212. The maximum Gasteiger partial charge on any atom is 0.0929 e. The molecule has 0 nitrogen and oxygen atoms in total. The summed E-state index contributed by atoms with van der Waals surface area (Å²) in [4.78, 5) is 0. The quantitative estimate of drug-likeness (QED) is 0.168. The first-order valence-electron chi connectivity index (χ1n) is 7.91. The molecule has 0 aliphatic carbocycles. The third kappa shape index (κ3) is 2.82. The molecule has 0 aliphatic rings. The largest absolute Gasteiger partial charge is 0.110 e. The Balaban J connectivity index is 1.80. The molecule has 4 aromatic rings. The van der Waals surface area contributed by atoms with Crippen LogP contribution >= 0.6 is 23.2 Å². The summed E-state index contributed by atoms with van der Waals surface area (Å²) in [6.07, 6.45) is 2.22. The lowest BCUT2D eigenvalue weighted by atomic mass is 9.91. The van der Waals surface area contributed by atoms with Crippen LogP contribution in [0.1, 0.15) is 12.0 Å². The Morgan fingerprint density at radius 1 is 0.783 bits per heavy atom. The highest BCUT2D eigenvalue weighted by Crippen LogP contribution is 2.36. The first kappa shape index (κ1) is 15.3. The molecule has 0 aliphatic heterocycles. The number of rotatable bonds is 5.